The maximum Gasteiger partial charge on any atom is 0.306 e. The summed E-state index contributed by atoms with van der Waals surface area (Å²) in [4.78, 5) is 26.2. The van der Waals surface area contributed by atoms with Crippen molar-refractivity contribution in [1.29, 1.82) is 0 Å². The SMILES string of the molecule is CCCCC/C=C/C=C/C=C/C=C/CCCCCC(CC(=O)NC(CO)C(O)CCCCCCCCCCCCC)OC(=O)CCCCCCCCCCC/C=C/CCCCCCCC. The highest BCUT2D eigenvalue weighted by atomic mass is 16.5. The highest BCUT2D eigenvalue weighted by Gasteiger charge is 2.24. The molecule has 0 aliphatic heterocycles. The lowest BCUT2D eigenvalue weighted by Crippen LogP contribution is -2.46. The van der Waals surface area contributed by atoms with Crippen LogP contribution in [0.25, 0.3) is 0 Å². The third-order valence-electron chi connectivity index (χ3n) is 12.7. The van der Waals surface area contributed by atoms with Crippen LogP contribution in [0.4, 0.5) is 0 Å². The summed E-state index contributed by atoms with van der Waals surface area (Å²) >= 11 is 0. The number of ether oxygens (including phenoxy) is 1. The van der Waals surface area contributed by atoms with E-state index in [0.717, 1.165) is 70.6 Å². The smallest absolute Gasteiger partial charge is 0.306 e. The molecule has 0 rings (SSSR count). The molecule has 0 bridgehead atoms. The zero-order chi connectivity index (χ0) is 47.4. The van der Waals surface area contributed by atoms with Gasteiger partial charge in [0.15, 0.2) is 0 Å². The van der Waals surface area contributed by atoms with E-state index in [9.17, 15) is 19.8 Å². The highest BCUT2D eigenvalue weighted by Crippen LogP contribution is 2.18. The van der Waals surface area contributed by atoms with Gasteiger partial charge in [-0.2, -0.15) is 0 Å². The molecule has 6 nitrogen and oxygen atoms in total. The van der Waals surface area contributed by atoms with Crippen molar-refractivity contribution in [3.05, 3.63) is 60.8 Å². The average molecular weight is 911 g/mol. The van der Waals surface area contributed by atoms with E-state index < -0.39 is 18.2 Å². The quantitative estimate of drug-likeness (QED) is 0.0245. The Bertz CT molecular complexity index is 1160. The molecule has 3 unspecified atom stereocenters. The number of rotatable bonds is 50. The van der Waals surface area contributed by atoms with Gasteiger partial charge < -0.3 is 20.3 Å². The van der Waals surface area contributed by atoms with Crippen LogP contribution >= 0.6 is 0 Å². The van der Waals surface area contributed by atoms with Crippen LogP contribution in [0.5, 0.6) is 0 Å². The van der Waals surface area contributed by atoms with Gasteiger partial charge in [0.1, 0.15) is 6.10 Å². The van der Waals surface area contributed by atoms with E-state index in [2.05, 4.69) is 86.8 Å². The van der Waals surface area contributed by atoms with Gasteiger partial charge >= 0.3 is 5.97 Å². The number of allylic oxidation sites excluding steroid dienone is 10. The molecule has 378 valence electrons. The maximum absolute atomic E-state index is 13.2. The zero-order valence-corrected chi connectivity index (χ0v) is 43.1. The second-order valence-electron chi connectivity index (χ2n) is 19.1. The second kappa shape index (κ2) is 52.5. The van der Waals surface area contributed by atoms with Crippen molar-refractivity contribution in [3.63, 3.8) is 0 Å². The van der Waals surface area contributed by atoms with Crippen LogP contribution in [0, 0.1) is 0 Å². The van der Waals surface area contributed by atoms with Crippen LogP contribution in [-0.4, -0.2) is 46.9 Å². The number of carbonyl (C=O) groups excluding carboxylic acids is 2. The largest absolute Gasteiger partial charge is 0.462 e. The first-order chi connectivity index (χ1) is 32.0. The van der Waals surface area contributed by atoms with Crippen LogP contribution in [-0.2, 0) is 14.3 Å². The summed E-state index contributed by atoms with van der Waals surface area (Å²) in [5.41, 5.74) is 0. The number of amides is 1. The Kier molecular flexibility index (Phi) is 50.6. The molecule has 0 aliphatic carbocycles. The number of hydrogen-bond acceptors (Lipinski definition) is 5. The Morgan fingerprint density at radius 3 is 1.28 bits per heavy atom. The standard InChI is InChI=1S/C59H107NO5/c1-4-7-10-13-16-19-22-24-26-28-29-30-32-34-37-40-43-46-49-52-59(64)65-55(50-47-44-41-38-36-33-31-27-25-23-20-17-14-11-8-5-2)53-58(63)60-56(54-61)57(62)51-48-45-42-39-35-21-18-15-12-9-6-3/h17,20,23-27,31,33,36,55-57,61-62H,4-16,18-19,21-22,28-30,32,34-35,37-54H2,1-3H3,(H,60,63)/b20-17+,25-23+,26-24+,31-27+,36-33+. The van der Waals surface area contributed by atoms with E-state index in [0.29, 0.717) is 19.3 Å². The molecule has 0 aromatic heterocycles. The molecule has 6 heteroatoms. The summed E-state index contributed by atoms with van der Waals surface area (Å²) in [6.07, 6.45) is 65.7. The number of aliphatic hydroxyl groups excluding tert-OH is 2. The lowest BCUT2D eigenvalue weighted by atomic mass is 10.0. The first-order valence-electron chi connectivity index (χ1n) is 28.1. The van der Waals surface area contributed by atoms with Gasteiger partial charge in [0.25, 0.3) is 0 Å². The van der Waals surface area contributed by atoms with Gasteiger partial charge in [0.2, 0.25) is 5.91 Å². The molecule has 0 radical (unpaired) electrons. The molecule has 0 heterocycles. The fourth-order valence-corrected chi connectivity index (χ4v) is 8.38. The topological polar surface area (TPSA) is 95.9 Å². The lowest BCUT2D eigenvalue weighted by molar-refractivity contribution is -0.151. The molecule has 1 amide bonds. The first kappa shape index (κ1) is 62.6. The molecule has 65 heavy (non-hydrogen) atoms. The summed E-state index contributed by atoms with van der Waals surface area (Å²) in [5, 5.41) is 23.8. The minimum atomic E-state index is -0.800. The molecule has 3 atom stereocenters. The lowest BCUT2D eigenvalue weighted by Gasteiger charge is -2.24. The molecular formula is C59H107NO5. The van der Waals surface area contributed by atoms with Crippen LogP contribution < -0.4 is 5.32 Å². The van der Waals surface area contributed by atoms with Crippen molar-refractivity contribution in [2.75, 3.05) is 6.61 Å². The number of esters is 1. The fraction of sp³-hybridized carbons (Fsp3) is 0.797. The van der Waals surface area contributed by atoms with E-state index in [4.69, 9.17) is 4.74 Å². The van der Waals surface area contributed by atoms with Gasteiger partial charge in [0.05, 0.1) is 25.2 Å². The number of carbonyl (C=O) groups is 2. The second-order valence-corrected chi connectivity index (χ2v) is 19.1. The van der Waals surface area contributed by atoms with E-state index in [1.54, 1.807) is 0 Å². The monoisotopic (exact) mass is 910 g/mol. The third-order valence-corrected chi connectivity index (χ3v) is 12.7. The molecule has 0 aromatic rings. The molecule has 0 saturated carbocycles. The summed E-state index contributed by atoms with van der Waals surface area (Å²) in [6, 6.07) is -0.716. The van der Waals surface area contributed by atoms with E-state index in [1.807, 2.05) is 0 Å². The normalized spacial score (nSPS) is 13.6. The molecular weight excluding hydrogens is 803 g/mol. The minimum absolute atomic E-state index is 0.0506. The van der Waals surface area contributed by atoms with Crippen LogP contribution in [0.3, 0.4) is 0 Å². The summed E-state index contributed by atoms with van der Waals surface area (Å²) in [6.45, 7) is 6.44. The Balaban J connectivity index is 4.62. The summed E-state index contributed by atoms with van der Waals surface area (Å²) in [5.74, 6) is -0.509. The van der Waals surface area contributed by atoms with Gasteiger partial charge in [-0.1, -0.05) is 248 Å². The Morgan fingerprint density at radius 1 is 0.446 bits per heavy atom. The van der Waals surface area contributed by atoms with Crippen molar-refractivity contribution >= 4 is 11.9 Å². The van der Waals surface area contributed by atoms with Gasteiger partial charge in [-0.05, 0) is 77.0 Å². The van der Waals surface area contributed by atoms with Crippen molar-refractivity contribution in [3.8, 4) is 0 Å². The molecule has 0 fully saturated rings. The van der Waals surface area contributed by atoms with Crippen molar-refractivity contribution in [1.82, 2.24) is 5.32 Å². The Hall–Kier alpha value is -2.44. The van der Waals surface area contributed by atoms with Crippen molar-refractivity contribution in [2.24, 2.45) is 0 Å². The van der Waals surface area contributed by atoms with Gasteiger partial charge in [-0.15, -0.1) is 0 Å². The number of aliphatic hydroxyl groups is 2. The highest BCUT2D eigenvalue weighted by molar-refractivity contribution is 5.77. The fourth-order valence-electron chi connectivity index (χ4n) is 8.38. The van der Waals surface area contributed by atoms with E-state index in [-0.39, 0.29) is 24.9 Å². The minimum Gasteiger partial charge on any atom is -0.462 e. The van der Waals surface area contributed by atoms with Crippen molar-refractivity contribution < 1.29 is 24.5 Å². The van der Waals surface area contributed by atoms with Gasteiger partial charge in [-0.25, -0.2) is 0 Å². The summed E-state index contributed by atoms with van der Waals surface area (Å²) in [7, 11) is 0. The maximum atomic E-state index is 13.2. The molecule has 0 saturated heterocycles. The number of unbranched alkanes of at least 4 members (excludes halogenated alkanes) is 31. The molecule has 0 aromatic carbocycles. The average Bonchev–Trinajstić information content (AvgIpc) is 3.30. The van der Waals surface area contributed by atoms with Crippen LogP contribution in [0.1, 0.15) is 278 Å². The molecule has 0 spiro atoms. The van der Waals surface area contributed by atoms with Crippen molar-refractivity contribution in [2.45, 2.75) is 296 Å². The number of nitrogens with one attached hydrogen (secondary N) is 1. The first-order valence-corrected chi connectivity index (χ1v) is 28.1. The predicted molar refractivity (Wildman–Crippen MR) is 282 cm³/mol. The van der Waals surface area contributed by atoms with E-state index >= 15 is 0 Å². The molecule has 0 aliphatic rings. The van der Waals surface area contributed by atoms with Crippen LogP contribution in [0.2, 0.25) is 0 Å². The Morgan fingerprint density at radius 2 is 0.800 bits per heavy atom. The number of hydrogen-bond donors (Lipinski definition) is 3. The summed E-state index contributed by atoms with van der Waals surface area (Å²) < 4.78 is 5.94. The van der Waals surface area contributed by atoms with Crippen LogP contribution in [0.15, 0.2) is 60.8 Å². The Labute approximate surface area is 403 Å². The predicted octanol–water partition coefficient (Wildman–Crippen LogP) is 17.2. The molecule has 3 N–H and O–H groups in total. The zero-order valence-electron chi connectivity index (χ0n) is 43.1. The van der Waals surface area contributed by atoms with Gasteiger partial charge in [0, 0.05) is 6.42 Å². The third kappa shape index (κ3) is 47.8. The van der Waals surface area contributed by atoms with E-state index in [1.165, 1.54) is 161 Å². The van der Waals surface area contributed by atoms with Gasteiger partial charge in [-0.3, -0.25) is 9.59 Å².